The number of fused-ring (bicyclic) bond motifs is 5. The number of hydrogen-bond donors (Lipinski definition) is 3. The molecular formula is C34H36N4O5. The Labute approximate surface area is 249 Å². The van der Waals surface area contributed by atoms with Gasteiger partial charge in [-0.1, -0.05) is 48.5 Å². The molecule has 1 aliphatic carbocycles. The third kappa shape index (κ3) is 3.84. The third-order valence-electron chi connectivity index (χ3n) is 10.6. The number of ketones is 1. The molecule has 3 fully saturated rings. The minimum atomic E-state index is -1.88. The summed E-state index contributed by atoms with van der Waals surface area (Å²) in [5.74, 6) is -5.18. The molecule has 9 heteroatoms. The lowest BCUT2D eigenvalue weighted by molar-refractivity contribution is -0.281. The maximum atomic E-state index is 14.2. The van der Waals surface area contributed by atoms with Crippen LogP contribution in [-0.4, -0.2) is 81.2 Å². The molecule has 5 heterocycles. The molecule has 2 amide bonds. The highest BCUT2D eigenvalue weighted by Crippen LogP contribution is 2.51. The number of carbonyl (C=O) groups excluding carboxylic acids is 3. The second kappa shape index (κ2) is 9.35. The number of benzene rings is 2. The summed E-state index contributed by atoms with van der Waals surface area (Å²) in [6.07, 6.45) is 6.55. The lowest BCUT2D eigenvalue weighted by atomic mass is 9.72. The van der Waals surface area contributed by atoms with Gasteiger partial charge >= 0.3 is 0 Å². The number of amides is 2. The molecule has 3 aromatic rings. The van der Waals surface area contributed by atoms with Gasteiger partial charge in [0, 0.05) is 36.2 Å². The zero-order valence-corrected chi connectivity index (χ0v) is 24.4. The van der Waals surface area contributed by atoms with Gasteiger partial charge in [0.25, 0.3) is 0 Å². The number of likely N-dealkylation sites (N-methyl/N-ethyl adjacent to an activating group) is 1. The van der Waals surface area contributed by atoms with Crippen LogP contribution in [0.15, 0.2) is 60.8 Å². The number of aromatic amines is 1. The van der Waals surface area contributed by atoms with E-state index in [0.29, 0.717) is 25.9 Å². The second-order valence-corrected chi connectivity index (χ2v) is 13.1. The smallest absolute Gasteiger partial charge is 0.230 e. The predicted octanol–water partition coefficient (Wildman–Crippen LogP) is 2.64. The Kier molecular flexibility index (Phi) is 5.83. The first-order chi connectivity index (χ1) is 20.7. The van der Waals surface area contributed by atoms with Gasteiger partial charge in [0.15, 0.2) is 11.6 Å². The van der Waals surface area contributed by atoms with Gasteiger partial charge in [0.1, 0.15) is 0 Å². The summed E-state index contributed by atoms with van der Waals surface area (Å²) in [5.41, 5.74) is 3.73. The quantitative estimate of drug-likeness (QED) is 0.437. The van der Waals surface area contributed by atoms with Gasteiger partial charge in [-0.15, -0.1) is 0 Å². The number of rotatable bonds is 4. The van der Waals surface area contributed by atoms with Crippen molar-refractivity contribution in [2.45, 2.75) is 56.2 Å². The molecule has 4 aliphatic heterocycles. The van der Waals surface area contributed by atoms with Crippen LogP contribution in [-0.2, 0) is 32.0 Å². The Balaban J connectivity index is 1.11. The number of nitrogens with zero attached hydrogens (tertiary/aromatic N) is 2. The number of aliphatic hydroxyl groups is 1. The number of ether oxygens (including phenoxy) is 1. The molecule has 0 spiro atoms. The summed E-state index contributed by atoms with van der Waals surface area (Å²) in [5, 5.41) is 16.2. The highest BCUT2D eigenvalue weighted by Gasteiger charge is 2.71. The van der Waals surface area contributed by atoms with Crippen LogP contribution >= 0.6 is 0 Å². The summed E-state index contributed by atoms with van der Waals surface area (Å²) >= 11 is 0. The van der Waals surface area contributed by atoms with Gasteiger partial charge in [-0.2, -0.15) is 0 Å². The van der Waals surface area contributed by atoms with Gasteiger partial charge < -0.3 is 25.0 Å². The fourth-order valence-electron chi connectivity index (χ4n) is 8.59. The SMILES string of the molecule is CN1C[C@H](C(=O)N[C@]2(C)O[C@]3(O)C(C2=O)C(Cc2ccccc2)C(=O)N2CCCC23)C=C2c3cccc4[nH]cc(c34)C[C@H]21. The number of carbonyl (C=O) groups is 3. The monoisotopic (exact) mass is 580 g/mol. The van der Waals surface area contributed by atoms with Gasteiger partial charge in [-0.3, -0.25) is 19.3 Å². The number of piperidine rings is 1. The van der Waals surface area contributed by atoms with Crippen LogP contribution in [0.4, 0.5) is 0 Å². The molecule has 8 rings (SSSR count). The summed E-state index contributed by atoms with van der Waals surface area (Å²) in [6, 6.07) is 15.3. The van der Waals surface area contributed by atoms with E-state index in [0.717, 1.165) is 35.1 Å². The Morgan fingerprint density at radius 3 is 2.79 bits per heavy atom. The van der Waals surface area contributed by atoms with Crippen molar-refractivity contribution in [3.05, 3.63) is 77.5 Å². The first kappa shape index (κ1) is 26.8. The molecule has 1 aromatic heterocycles. The topological polar surface area (TPSA) is 115 Å². The van der Waals surface area contributed by atoms with Crippen molar-refractivity contribution < 1.29 is 24.2 Å². The molecule has 9 nitrogen and oxygen atoms in total. The Morgan fingerprint density at radius 2 is 1.98 bits per heavy atom. The highest BCUT2D eigenvalue weighted by molar-refractivity contribution is 6.02. The van der Waals surface area contributed by atoms with E-state index in [1.54, 1.807) is 4.90 Å². The molecule has 0 saturated carbocycles. The van der Waals surface area contributed by atoms with Gasteiger partial charge in [-0.25, -0.2) is 0 Å². The van der Waals surface area contributed by atoms with E-state index >= 15 is 0 Å². The van der Waals surface area contributed by atoms with Crippen molar-refractivity contribution in [3.63, 3.8) is 0 Å². The lowest BCUT2D eigenvalue weighted by Crippen LogP contribution is -2.64. The minimum absolute atomic E-state index is 0.131. The summed E-state index contributed by atoms with van der Waals surface area (Å²) in [6.45, 7) is 2.53. The normalized spacial score (nSPS) is 35.0. The van der Waals surface area contributed by atoms with Crippen molar-refractivity contribution in [3.8, 4) is 0 Å². The number of aromatic nitrogens is 1. The predicted molar refractivity (Wildman–Crippen MR) is 159 cm³/mol. The first-order valence-corrected chi connectivity index (χ1v) is 15.3. The number of H-pyrrole nitrogens is 1. The van der Waals surface area contributed by atoms with Crippen molar-refractivity contribution in [1.29, 1.82) is 0 Å². The standard InChI is InChI=1S/C34H36N4O5/c1-33(36-31(40)21-15-23-22-10-6-11-25-28(22)20(17-35-25)16-26(23)37(2)18-21)30(39)29-24(14-19-8-4-3-5-9-19)32(41)38-13-7-12-27(38)34(29,42)43-33/h3-6,8-11,15,17,21,24,26-27,29,35,42H,7,12-14,16,18H2,1-2H3,(H,36,40)/t21-,24?,26-,27?,29?,33-,34+/m1/s1. The van der Waals surface area contributed by atoms with E-state index in [4.69, 9.17) is 4.74 Å². The lowest BCUT2D eigenvalue weighted by Gasteiger charge is -2.46. The van der Waals surface area contributed by atoms with Crippen molar-refractivity contribution in [2.75, 3.05) is 20.1 Å². The summed E-state index contributed by atoms with van der Waals surface area (Å²) in [4.78, 5) is 49.2. The minimum Gasteiger partial charge on any atom is -0.363 e. The number of Topliss-reactive ketones (excluding diaryl/α,β-unsaturated/α-hetero) is 1. The fourth-order valence-corrected chi connectivity index (χ4v) is 8.59. The maximum absolute atomic E-state index is 14.2. The van der Waals surface area contributed by atoms with Crippen LogP contribution in [0.2, 0.25) is 0 Å². The molecular weight excluding hydrogens is 544 g/mol. The molecule has 222 valence electrons. The zero-order chi connectivity index (χ0) is 29.7. The van der Waals surface area contributed by atoms with Crippen LogP contribution in [0.25, 0.3) is 16.5 Å². The maximum Gasteiger partial charge on any atom is 0.230 e. The number of hydrogen-bond acceptors (Lipinski definition) is 6. The largest absolute Gasteiger partial charge is 0.363 e. The van der Waals surface area contributed by atoms with Crippen molar-refractivity contribution in [2.24, 2.45) is 17.8 Å². The summed E-state index contributed by atoms with van der Waals surface area (Å²) in [7, 11) is 2.03. The van der Waals surface area contributed by atoms with Crippen LogP contribution in [0.3, 0.4) is 0 Å². The molecule has 0 radical (unpaired) electrons. The van der Waals surface area contributed by atoms with Crippen LogP contribution in [0.5, 0.6) is 0 Å². The molecule has 3 N–H and O–H groups in total. The van der Waals surface area contributed by atoms with Gasteiger partial charge in [0.05, 0.1) is 23.8 Å². The Bertz CT molecular complexity index is 1700. The van der Waals surface area contributed by atoms with Crippen LogP contribution in [0.1, 0.15) is 36.5 Å². The summed E-state index contributed by atoms with van der Waals surface area (Å²) < 4.78 is 6.30. The van der Waals surface area contributed by atoms with E-state index in [1.807, 2.05) is 49.5 Å². The molecule has 7 atom stereocenters. The molecule has 2 aromatic carbocycles. The second-order valence-electron chi connectivity index (χ2n) is 13.1. The molecule has 0 bridgehead atoms. The van der Waals surface area contributed by atoms with E-state index < -0.39 is 41.1 Å². The molecule has 3 unspecified atom stereocenters. The molecule has 43 heavy (non-hydrogen) atoms. The van der Waals surface area contributed by atoms with E-state index in [-0.39, 0.29) is 17.9 Å². The van der Waals surface area contributed by atoms with Crippen LogP contribution < -0.4 is 5.32 Å². The van der Waals surface area contributed by atoms with Crippen molar-refractivity contribution >= 4 is 34.1 Å². The average molecular weight is 581 g/mol. The zero-order valence-electron chi connectivity index (χ0n) is 24.4. The fraction of sp³-hybridized carbons (Fsp3) is 0.441. The Hall–Kier alpha value is -3.79. The van der Waals surface area contributed by atoms with E-state index in [1.165, 1.54) is 17.9 Å². The van der Waals surface area contributed by atoms with Crippen LogP contribution in [0, 0.1) is 17.8 Å². The molecule has 5 aliphatic rings. The Morgan fingerprint density at radius 1 is 1.16 bits per heavy atom. The number of nitrogens with one attached hydrogen (secondary N) is 2. The average Bonchev–Trinajstić information content (AvgIpc) is 3.70. The first-order valence-electron chi connectivity index (χ1n) is 15.3. The third-order valence-corrected chi connectivity index (χ3v) is 10.6. The highest BCUT2D eigenvalue weighted by atomic mass is 16.7. The van der Waals surface area contributed by atoms with Gasteiger partial charge in [-0.05, 0) is 68.0 Å². The van der Waals surface area contributed by atoms with Gasteiger partial charge in [0.2, 0.25) is 17.5 Å². The van der Waals surface area contributed by atoms with E-state index in [2.05, 4.69) is 33.5 Å². The van der Waals surface area contributed by atoms with E-state index in [9.17, 15) is 19.5 Å². The molecule has 3 saturated heterocycles. The van der Waals surface area contributed by atoms with Crippen molar-refractivity contribution in [1.82, 2.24) is 20.1 Å².